The normalized spacial score (nSPS) is 12.1. The van der Waals surface area contributed by atoms with Gasteiger partial charge in [0.05, 0.1) is 10.7 Å². The van der Waals surface area contributed by atoms with Crippen LogP contribution >= 0.6 is 11.6 Å². The first-order valence-electron chi connectivity index (χ1n) is 6.47. The lowest BCUT2D eigenvalue weighted by molar-refractivity contribution is 0.628. The number of hydrogen-bond donors (Lipinski definition) is 1. The highest BCUT2D eigenvalue weighted by atomic mass is 35.5. The zero-order valence-electron chi connectivity index (χ0n) is 11.8. The maximum absolute atomic E-state index is 13.8. The first-order valence-corrected chi connectivity index (χ1v) is 6.84. The van der Waals surface area contributed by atoms with Crippen molar-refractivity contribution < 1.29 is 4.39 Å². The van der Waals surface area contributed by atoms with E-state index >= 15 is 0 Å². The Morgan fingerprint density at radius 2 is 1.75 bits per heavy atom. The van der Waals surface area contributed by atoms with E-state index in [9.17, 15) is 4.39 Å². The summed E-state index contributed by atoms with van der Waals surface area (Å²) in [6.45, 7) is 1.99. The predicted molar refractivity (Wildman–Crippen MR) is 84.2 cm³/mol. The number of nitrogens with one attached hydrogen (secondary N) is 1. The van der Waals surface area contributed by atoms with Gasteiger partial charge in [-0.1, -0.05) is 29.8 Å². The van der Waals surface area contributed by atoms with Crippen molar-refractivity contribution in [3.05, 3.63) is 58.9 Å². The fourth-order valence-corrected chi connectivity index (χ4v) is 2.17. The lowest BCUT2D eigenvalue weighted by Gasteiger charge is -2.18. The Kier molecular flexibility index (Phi) is 4.50. The summed E-state index contributed by atoms with van der Waals surface area (Å²) in [7, 11) is 4.00. The van der Waals surface area contributed by atoms with Gasteiger partial charge in [-0.05, 0) is 36.8 Å². The number of hydrogen-bond acceptors (Lipinski definition) is 2. The maximum atomic E-state index is 13.8. The highest BCUT2D eigenvalue weighted by Crippen LogP contribution is 2.26. The first kappa shape index (κ1) is 14.7. The zero-order valence-corrected chi connectivity index (χ0v) is 12.6. The minimum Gasteiger partial charge on any atom is -0.378 e. The molecule has 1 atom stereocenters. The molecule has 0 aliphatic rings. The third kappa shape index (κ3) is 3.23. The van der Waals surface area contributed by atoms with E-state index < -0.39 is 5.82 Å². The van der Waals surface area contributed by atoms with Gasteiger partial charge in [-0.3, -0.25) is 0 Å². The number of anilines is 2. The van der Waals surface area contributed by atoms with Crippen LogP contribution in [0.25, 0.3) is 0 Å². The fraction of sp³-hybridized carbons (Fsp3) is 0.250. The van der Waals surface area contributed by atoms with E-state index in [4.69, 9.17) is 11.6 Å². The van der Waals surface area contributed by atoms with Crippen LogP contribution in [0.1, 0.15) is 18.5 Å². The van der Waals surface area contributed by atoms with Gasteiger partial charge < -0.3 is 10.2 Å². The minimum atomic E-state index is -0.411. The van der Waals surface area contributed by atoms with Gasteiger partial charge in [-0.15, -0.1) is 0 Å². The summed E-state index contributed by atoms with van der Waals surface area (Å²) in [4.78, 5) is 2.04. The Bertz CT molecular complexity index is 582. The van der Waals surface area contributed by atoms with Gasteiger partial charge in [0.1, 0.15) is 0 Å². The van der Waals surface area contributed by atoms with Crippen molar-refractivity contribution in [1.82, 2.24) is 0 Å². The van der Waals surface area contributed by atoms with Crippen molar-refractivity contribution in [1.29, 1.82) is 0 Å². The molecule has 4 heteroatoms. The molecule has 0 amide bonds. The molecule has 0 radical (unpaired) electrons. The van der Waals surface area contributed by atoms with Crippen LogP contribution in [0.4, 0.5) is 15.8 Å². The molecule has 0 spiro atoms. The average molecular weight is 293 g/mol. The molecule has 0 fully saturated rings. The largest absolute Gasteiger partial charge is 0.378 e. The van der Waals surface area contributed by atoms with E-state index in [1.54, 1.807) is 18.2 Å². The average Bonchev–Trinajstić information content (AvgIpc) is 2.44. The van der Waals surface area contributed by atoms with Crippen LogP contribution in [-0.2, 0) is 0 Å². The highest BCUT2D eigenvalue weighted by molar-refractivity contribution is 6.31. The maximum Gasteiger partial charge on any atom is 0.164 e. The second kappa shape index (κ2) is 6.14. The molecule has 0 heterocycles. The quantitative estimate of drug-likeness (QED) is 0.877. The Balaban J connectivity index is 2.15. The van der Waals surface area contributed by atoms with Gasteiger partial charge in [0.2, 0.25) is 0 Å². The van der Waals surface area contributed by atoms with E-state index in [0.717, 1.165) is 11.3 Å². The van der Waals surface area contributed by atoms with E-state index in [0.29, 0.717) is 5.69 Å². The predicted octanol–water partition coefficient (Wildman–Crippen LogP) is 4.72. The molecule has 0 saturated heterocycles. The lowest BCUT2D eigenvalue weighted by atomic mass is 10.1. The molecule has 20 heavy (non-hydrogen) atoms. The molecule has 2 nitrogen and oxygen atoms in total. The van der Waals surface area contributed by atoms with Crippen molar-refractivity contribution in [2.75, 3.05) is 24.3 Å². The third-order valence-corrected chi connectivity index (χ3v) is 3.52. The molecule has 0 saturated carbocycles. The molecule has 0 aromatic heterocycles. The van der Waals surface area contributed by atoms with Crippen LogP contribution in [0.2, 0.25) is 5.02 Å². The smallest absolute Gasteiger partial charge is 0.164 e. The first-order chi connectivity index (χ1) is 9.49. The number of halogens is 2. The van der Waals surface area contributed by atoms with Gasteiger partial charge >= 0.3 is 0 Å². The molecule has 1 N–H and O–H groups in total. The highest BCUT2D eigenvalue weighted by Gasteiger charge is 2.10. The van der Waals surface area contributed by atoms with Crippen molar-refractivity contribution in [3.63, 3.8) is 0 Å². The second-order valence-electron chi connectivity index (χ2n) is 4.95. The van der Waals surface area contributed by atoms with Crippen LogP contribution in [0.3, 0.4) is 0 Å². The topological polar surface area (TPSA) is 15.3 Å². The van der Waals surface area contributed by atoms with Crippen LogP contribution in [-0.4, -0.2) is 14.1 Å². The molecule has 0 aliphatic carbocycles. The van der Waals surface area contributed by atoms with Gasteiger partial charge in [0.15, 0.2) is 5.82 Å². The molecule has 2 aromatic rings. The fourth-order valence-electron chi connectivity index (χ4n) is 1.99. The Morgan fingerprint density at radius 3 is 2.35 bits per heavy atom. The molecular formula is C16H18ClFN2. The van der Waals surface area contributed by atoms with Crippen molar-refractivity contribution in [2.45, 2.75) is 13.0 Å². The van der Waals surface area contributed by atoms with E-state index in [2.05, 4.69) is 5.32 Å². The molecule has 0 aliphatic heterocycles. The molecule has 1 unspecified atom stereocenters. The summed E-state index contributed by atoms with van der Waals surface area (Å²) >= 11 is 5.78. The Morgan fingerprint density at radius 1 is 1.10 bits per heavy atom. The van der Waals surface area contributed by atoms with Gasteiger partial charge in [0.25, 0.3) is 0 Å². The van der Waals surface area contributed by atoms with Crippen LogP contribution in [0.15, 0.2) is 42.5 Å². The van der Waals surface area contributed by atoms with Crippen LogP contribution < -0.4 is 10.2 Å². The second-order valence-corrected chi connectivity index (χ2v) is 5.36. The summed E-state index contributed by atoms with van der Waals surface area (Å²) in [5.41, 5.74) is 2.64. The van der Waals surface area contributed by atoms with Crippen LogP contribution in [0.5, 0.6) is 0 Å². The summed E-state index contributed by atoms with van der Waals surface area (Å²) in [5, 5.41) is 3.27. The van der Waals surface area contributed by atoms with Crippen LogP contribution in [0, 0.1) is 5.82 Å². The third-order valence-electron chi connectivity index (χ3n) is 3.23. The Labute approximate surface area is 124 Å². The molecule has 2 aromatic carbocycles. The van der Waals surface area contributed by atoms with Gasteiger partial charge in [-0.2, -0.15) is 0 Å². The summed E-state index contributed by atoms with van der Waals surface area (Å²) in [6.07, 6.45) is 0. The summed E-state index contributed by atoms with van der Waals surface area (Å²) in [6, 6.07) is 13.1. The molecular weight excluding hydrogens is 275 g/mol. The van der Waals surface area contributed by atoms with Gasteiger partial charge in [-0.25, -0.2) is 4.39 Å². The van der Waals surface area contributed by atoms with Crippen molar-refractivity contribution in [3.8, 4) is 0 Å². The number of benzene rings is 2. The molecule has 0 bridgehead atoms. The molecule has 106 valence electrons. The van der Waals surface area contributed by atoms with Gasteiger partial charge in [0, 0.05) is 25.8 Å². The van der Waals surface area contributed by atoms with E-state index in [1.165, 1.54) is 0 Å². The number of nitrogens with zero attached hydrogens (tertiary/aromatic N) is 1. The lowest BCUT2D eigenvalue weighted by Crippen LogP contribution is -2.10. The van der Waals surface area contributed by atoms with Crippen molar-refractivity contribution in [2.24, 2.45) is 0 Å². The summed E-state index contributed by atoms with van der Waals surface area (Å²) in [5.74, 6) is -0.411. The molecule has 2 rings (SSSR count). The Hall–Kier alpha value is -1.74. The summed E-state index contributed by atoms with van der Waals surface area (Å²) < 4.78 is 13.8. The monoisotopic (exact) mass is 292 g/mol. The van der Waals surface area contributed by atoms with E-state index in [-0.39, 0.29) is 11.1 Å². The zero-order chi connectivity index (χ0) is 14.7. The van der Waals surface area contributed by atoms with E-state index in [1.807, 2.05) is 50.2 Å². The van der Waals surface area contributed by atoms with Crippen molar-refractivity contribution >= 4 is 23.0 Å². The minimum absolute atomic E-state index is 0.000760. The standard InChI is InChI=1S/C16H18ClFN2/c1-11(12-7-9-13(10-8-12)20(2)3)19-15-6-4-5-14(17)16(15)18/h4-11,19H,1-3H3. The number of rotatable bonds is 4. The SMILES string of the molecule is CC(Nc1cccc(Cl)c1F)c1ccc(N(C)C)cc1.